The number of fused-ring (bicyclic) bond motifs is 1. The van der Waals surface area contributed by atoms with Gasteiger partial charge in [-0.1, -0.05) is 18.2 Å². The number of ether oxygens (including phenoxy) is 1. The lowest BCUT2D eigenvalue weighted by Crippen LogP contribution is -2.32. The highest BCUT2D eigenvalue weighted by Gasteiger charge is 2.26. The van der Waals surface area contributed by atoms with E-state index >= 15 is 0 Å². The number of hydrogen-bond acceptors (Lipinski definition) is 4. The average Bonchev–Trinajstić information content (AvgIpc) is 2.93. The number of benzene rings is 2. The first-order valence-corrected chi connectivity index (χ1v) is 6.69. The number of carbonyl (C=O) groups excluding carboxylic acids is 1. The number of hydrogen-bond donors (Lipinski definition) is 3. The van der Waals surface area contributed by atoms with Gasteiger partial charge in [-0.15, -0.1) is 0 Å². The normalized spacial score (nSPS) is 16.0. The second-order valence-corrected chi connectivity index (χ2v) is 4.93. The molecule has 1 amide bonds. The molecule has 2 aromatic carbocycles. The van der Waals surface area contributed by atoms with Crippen molar-refractivity contribution in [2.45, 2.75) is 12.5 Å². The molecule has 21 heavy (non-hydrogen) atoms. The summed E-state index contributed by atoms with van der Waals surface area (Å²) < 4.78 is 5.09. The number of phenolic OH excluding ortho intramolecular Hbond substituents is 1. The Hall–Kier alpha value is -2.69. The van der Waals surface area contributed by atoms with Gasteiger partial charge in [0.05, 0.1) is 12.8 Å². The number of aromatic hydroxyl groups is 1. The molecular formula is C16H16N2O3. The van der Waals surface area contributed by atoms with Crippen molar-refractivity contribution in [1.29, 1.82) is 0 Å². The summed E-state index contributed by atoms with van der Waals surface area (Å²) in [6, 6.07) is 12.2. The number of carbonyl (C=O) groups is 1. The first-order valence-electron chi connectivity index (χ1n) is 6.69. The minimum absolute atomic E-state index is 0.0136. The van der Waals surface area contributed by atoms with E-state index in [0.717, 1.165) is 11.3 Å². The number of anilines is 2. The average molecular weight is 284 g/mol. The van der Waals surface area contributed by atoms with Gasteiger partial charge in [0.1, 0.15) is 17.5 Å². The lowest BCUT2D eigenvalue weighted by molar-refractivity contribution is -0.116. The van der Waals surface area contributed by atoms with Crippen molar-refractivity contribution in [2.24, 2.45) is 0 Å². The Morgan fingerprint density at radius 2 is 2.14 bits per heavy atom. The molecule has 0 aromatic heterocycles. The zero-order valence-corrected chi connectivity index (χ0v) is 11.6. The minimum Gasteiger partial charge on any atom is -0.506 e. The standard InChI is InChI=1S/C16H16N2O3/c1-21-11-6-7-15(19)13(9-11)18-16(20)14-8-10-4-2-3-5-12(10)17-14/h2-7,9,14,17,19H,8H2,1H3,(H,18,20)/t14-/m0/s1. The van der Waals surface area contributed by atoms with E-state index in [1.807, 2.05) is 24.3 Å². The molecule has 108 valence electrons. The number of nitrogens with one attached hydrogen (secondary N) is 2. The summed E-state index contributed by atoms with van der Waals surface area (Å²) in [7, 11) is 1.53. The number of phenols is 1. The smallest absolute Gasteiger partial charge is 0.247 e. The fourth-order valence-corrected chi connectivity index (χ4v) is 2.42. The van der Waals surface area contributed by atoms with E-state index in [4.69, 9.17) is 4.74 Å². The molecule has 0 radical (unpaired) electrons. The predicted molar refractivity (Wildman–Crippen MR) is 80.8 cm³/mol. The van der Waals surface area contributed by atoms with Crippen LogP contribution in [0.2, 0.25) is 0 Å². The Kier molecular flexibility index (Phi) is 3.39. The summed E-state index contributed by atoms with van der Waals surface area (Å²) in [4.78, 5) is 12.3. The molecule has 1 heterocycles. The summed E-state index contributed by atoms with van der Waals surface area (Å²) in [5, 5.41) is 15.7. The fourth-order valence-electron chi connectivity index (χ4n) is 2.42. The number of methoxy groups -OCH3 is 1. The SMILES string of the molecule is COc1ccc(O)c(NC(=O)[C@@H]2Cc3ccccc3N2)c1. The molecule has 5 heteroatoms. The van der Waals surface area contributed by atoms with Crippen molar-refractivity contribution in [3.05, 3.63) is 48.0 Å². The number of para-hydroxylation sites is 1. The maximum Gasteiger partial charge on any atom is 0.247 e. The van der Waals surface area contributed by atoms with Crippen LogP contribution in [0, 0.1) is 0 Å². The molecule has 0 unspecified atom stereocenters. The molecule has 1 atom stereocenters. The van der Waals surface area contributed by atoms with Crippen molar-refractivity contribution in [2.75, 3.05) is 17.7 Å². The van der Waals surface area contributed by atoms with Gasteiger partial charge < -0.3 is 20.5 Å². The molecule has 2 aromatic rings. The van der Waals surface area contributed by atoms with Gasteiger partial charge in [-0.3, -0.25) is 4.79 Å². The molecule has 0 fully saturated rings. The van der Waals surface area contributed by atoms with E-state index in [1.54, 1.807) is 12.1 Å². The highest BCUT2D eigenvalue weighted by molar-refractivity contribution is 5.99. The van der Waals surface area contributed by atoms with E-state index in [0.29, 0.717) is 17.9 Å². The zero-order chi connectivity index (χ0) is 14.8. The lowest BCUT2D eigenvalue weighted by Gasteiger charge is -2.13. The quantitative estimate of drug-likeness (QED) is 0.757. The van der Waals surface area contributed by atoms with Gasteiger partial charge >= 0.3 is 0 Å². The first-order chi connectivity index (χ1) is 10.2. The van der Waals surface area contributed by atoms with Gasteiger partial charge in [0, 0.05) is 18.2 Å². The van der Waals surface area contributed by atoms with E-state index < -0.39 is 0 Å². The van der Waals surface area contributed by atoms with Crippen LogP contribution in [0.15, 0.2) is 42.5 Å². The Morgan fingerprint density at radius 1 is 1.33 bits per heavy atom. The van der Waals surface area contributed by atoms with Crippen LogP contribution < -0.4 is 15.4 Å². The van der Waals surface area contributed by atoms with Crippen LogP contribution in [0.4, 0.5) is 11.4 Å². The molecule has 1 aliphatic rings. The molecule has 3 N–H and O–H groups in total. The van der Waals surface area contributed by atoms with Crippen LogP contribution >= 0.6 is 0 Å². The molecule has 3 rings (SSSR count). The topological polar surface area (TPSA) is 70.6 Å². The molecule has 0 bridgehead atoms. The molecule has 5 nitrogen and oxygen atoms in total. The molecule has 0 aliphatic carbocycles. The number of amides is 1. The Labute approximate surface area is 122 Å². The van der Waals surface area contributed by atoms with Crippen LogP contribution in [-0.2, 0) is 11.2 Å². The van der Waals surface area contributed by atoms with Gasteiger partial charge in [-0.2, -0.15) is 0 Å². The number of rotatable bonds is 3. The van der Waals surface area contributed by atoms with E-state index in [-0.39, 0.29) is 17.7 Å². The second-order valence-electron chi connectivity index (χ2n) is 4.93. The van der Waals surface area contributed by atoms with Gasteiger partial charge in [0.2, 0.25) is 5.91 Å². The first kappa shape index (κ1) is 13.3. The second kappa shape index (κ2) is 5.36. The van der Waals surface area contributed by atoms with Crippen molar-refractivity contribution in [3.8, 4) is 11.5 Å². The molecular weight excluding hydrogens is 268 g/mol. The zero-order valence-electron chi connectivity index (χ0n) is 11.6. The van der Waals surface area contributed by atoms with Crippen molar-refractivity contribution in [1.82, 2.24) is 0 Å². The van der Waals surface area contributed by atoms with Gasteiger partial charge in [-0.25, -0.2) is 0 Å². The minimum atomic E-state index is -0.340. The largest absolute Gasteiger partial charge is 0.506 e. The lowest BCUT2D eigenvalue weighted by atomic mass is 10.1. The summed E-state index contributed by atoms with van der Waals surface area (Å²) in [6.45, 7) is 0. The molecule has 0 saturated heterocycles. The van der Waals surface area contributed by atoms with Crippen molar-refractivity contribution < 1.29 is 14.6 Å². The van der Waals surface area contributed by atoms with Gasteiger partial charge in [-0.05, 0) is 23.8 Å². The summed E-state index contributed by atoms with van der Waals surface area (Å²) >= 11 is 0. The Morgan fingerprint density at radius 3 is 2.90 bits per heavy atom. The monoisotopic (exact) mass is 284 g/mol. The predicted octanol–water partition coefficient (Wildman–Crippen LogP) is 2.38. The van der Waals surface area contributed by atoms with Crippen LogP contribution in [0.5, 0.6) is 11.5 Å². The van der Waals surface area contributed by atoms with Gasteiger partial charge in [0.25, 0.3) is 0 Å². The Bertz CT molecular complexity index is 660. The fraction of sp³-hybridized carbons (Fsp3) is 0.188. The highest BCUT2D eigenvalue weighted by atomic mass is 16.5. The van der Waals surface area contributed by atoms with E-state index in [1.165, 1.54) is 13.2 Å². The summed E-state index contributed by atoms with van der Waals surface area (Å²) in [5.74, 6) is 0.403. The maximum atomic E-state index is 12.3. The van der Waals surface area contributed by atoms with Crippen LogP contribution in [-0.4, -0.2) is 24.2 Å². The van der Waals surface area contributed by atoms with Crippen LogP contribution in [0.25, 0.3) is 0 Å². The summed E-state index contributed by atoms with van der Waals surface area (Å²) in [6.07, 6.45) is 0.632. The summed E-state index contributed by atoms with van der Waals surface area (Å²) in [5.41, 5.74) is 2.44. The molecule has 0 spiro atoms. The molecule has 0 saturated carbocycles. The third-order valence-electron chi connectivity index (χ3n) is 3.55. The molecule has 1 aliphatic heterocycles. The van der Waals surface area contributed by atoms with Crippen LogP contribution in [0.1, 0.15) is 5.56 Å². The third-order valence-corrected chi connectivity index (χ3v) is 3.55. The third kappa shape index (κ3) is 2.63. The highest BCUT2D eigenvalue weighted by Crippen LogP contribution is 2.30. The van der Waals surface area contributed by atoms with Crippen molar-refractivity contribution in [3.63, 3.8) is 0 Å². The maximum absolute atomic E-state index is 12.3. The van der Waals surface area contributed by atoms with Crippen molar-refractivity contribution >= 4 is 17.3 Å². The van der Waals surface area contributed by atoms with E-state index in [2.05, 4.69) is 10.6 Å². The van der Waals surface area contributed by atoms with E-state index in [9.17, 15) is 9.90 Å². The van der Waals surface area contributed by atoms with Gasteiger partial charge in [0.15, 0.2) is 0 Å². The van der Waals surface area contributed by atoms with Crippen LogP contribution in [0.3, 0.4) is 0 Å². The Balaban J connectivity index is 1.74.